The molecule has 0 aliphatic carbocycles. The minimum absolute atomic E-state index is 0.130. The molecule has 0 spiro atoms. The van der Waals surface area contributed by atoms with Gasteiger partial charge in [-0.25, -0.2) is 0 Å². The monoisotopic (exact) mass is 460 g/mol. The van der Waals surface area contributed by atoms with Gasteiger partial charge in [0, 0.05) is 49.3 Å². The molecule has 0 bridgehead atoms. The molecular weight excluding hydrogens is 412 g/mol. The average molecular weight is 461 g/mol. The lowest BCUT2D eigenvalue weighted by atomic mass is 9.76. The van der Waals surface area contributed by atoms with E-state index in [-0.39, 0.29) is 22.2 Å². The van der Waals surface area contributed by atoms with Crippen molar-refractivity contribution in [3.63, 3.8) is 0 Å². The van der Waals surface area contributed by atoms with Crippen LogP contribution in [0.25, 0.3) is 0 Å². The highest BCUT2D eigenvalue weighted by atomic mass is 15.3. The Labute approximate surface area is 201 Å². The third-order valence-corrected chi connectivity index (χ3v) is 6.67. The van der Waals surface area contributed by atoms with Crippen LogP contribution in [-0.2, 0) is 0 Å². The Morgan fingerprint density at radius 2 is 1.00 bits per heavy atom. The van der Waals surface area contributed by atoms with Gasteiger partial charge in [-0.05, 0) is 92.9 Å². The van der Waals surface area contributed by atoms with Crippen LogP contribution in [0.15, 0.2) is 0 Å². The van der Waals surface area contributed by atoms with E-state index in [2.05, 4.69) is 86.6 Å². The molecule has 0 unspecified atom stereocenters. The van der Waals surface area contributed by atoms with E-state index >= 15 is 0 Å². The zero-order valence-corrected chi connectivity index (χ0v) is 22.7. The summed E-state index contributed by atoms with van der Waals surface area (Å²) in [5, 5.41) is 14.6. The quantitative estimate of drug-likeness (QED) is 0.487. The van der Waals surface area contributed by atoms with Crippen LogP contribution >= 0.6 is 0 Å². The Balaban J connectivity index is 1.67. The summed E-state index contributed by atoms with van der Waals surface area (Å²) in [7, 11) is 3.94. The lowest BCUT2D eigenvalue weighted by Gasteiger charge is -2.46. The molecule has 0 aromatic carbocycles. The molecule has 1 aromatic rings. The van der Waals surface area contributed by atoms with Gasteiger partial charge in [0.15, 0.2) is 0 Å². The molecule has 2 saturated heterocycles. The molecule has 188 valence electrons. The summed E-state index contributed by atoms with van der Waals surface area (Å²) < 4.78 is 0. The summed E-state index contributed by atoms with van der Waals surface area (Å²) >= 11 is 0. The zero-order valence-electron chi connectivity index (χ0n) is 22.7. The molecule has 33 heavy (non-hydrogen) atoms. The Morgan fingerprint density at radius 3 is 1.30 bits per heavy atom. The highest BCUT2D eigenvalue weighted by Crippen LogP contribution is 2.34. The van der Waals surface area contributed by atoms with E-state index < -0.39 is 0 Å². The summed E-state index contributed by atoms with van der Waals surface area (Å²) in [5.41, 5.74) is 0.520. The van der Waals surface area contributed by atoms with Crippen LogP contribution in [0.2, 0.25) is 0 Å². The van der Waals surface area contributed by atoms with Crippen molar-refractivity contribution < 1.29 is 0 Å². The van der Waals surface area contributed by atoms with Crippen LogP contribution in [0.4, 0.5) is 17.8 Å². The van der Waals surface area contributed by atoms with Crippen LogP contribution < -0.4 is 26.2 Å². The SMILES string of the molecule is CN(C)c1nc(NCC2CC(C)(C)NC(C)(C)C2)nc(NCC2CC(C)(C)NC(C)(C)C2)n1. The van der Waals surface area contributed by atoms with E-state index in [1.165, 1.54) is 0 Å². The van der Waals surface area contributed by atoms with Crippen molar-refractivity contribution in [1.29, 1.82) is 0 Å². The van der Waals surface area contributed by atoms with Crippen molar-refractivity contribution in [2.24, 2.45) is 11.8 Å². The first-order valence-electron chi connectivity index (χ1n) is 12.5. The Hall–Kier alpha value is -1.67. The number of rotatable bonds is 7. The van der Waals surface area contributed by atoms with E-state index in [4.69, 9.17) is 4.98 Å². The number of piperidine rings is 2. The molecule has 8 heteroatoms. The van der Waals surface area contributed by atoms with Crippen LogP contribution in [0.5, 0.6) is 0 Å². The van der Waals surface area contributed by atoms with Gasteiger partial charge in [0.1, 0.15) is 0 Å². The topological polar surface area (TPSA) is 90.0 Å². The van der Waals surface area contributed by atoms with Crippen molar-refractivity contribution in [2.45, 2.75) is 103 Å². The van der Waals surface area contributed by atoms with Gasteiger partial charge >= 0.3 is 0 Å². The number of nitrogens with one attached hydrogen (secondary N) is 4. The highest BCUT2D eigenvalue weighted by Gasteiger charge is 2.38. The normalized spacial score (nSPS) is 24.3. The number of hydrogen-bond donors (Lipinski definition) is 4. The molecule has 3 rings (SSSR count). The number of aromatic nitrogens is 3. The predicted molar refractivity (Wildman–Crippen MR) is 139 cm³/mol. The van der Waals surface area contributed by atoms with Gasteiger partial charge < -0.3 is 26.2 Å². The van der Waals surface area contributed by atoms with E-state index in [9.17, 15) is 0 Å². The number of hydrogen-bond acceptors (Lipinski definition) is 8. The smallest absolute Gasteiger partial charge is 0.231 e. The van der Waals surface area contributed by atoms with Crippen molar-refractivity contribution >= 4 is 17.8 Å². The van der Waals surface area contributed by atoms with Gasteiger partial charge in [-0.1, -0.05) is 0 Å². The van der Waals surface area contributed by atoms with Crippen LogP contribution in [0.3, 0.4) is 0 Å². The van der Waals surface area contributed by atoms with E-state index in [0.29, 0.717) is 29.7 Å². The minimum atomic E-state index is 0.130. The summed E-state index contributed by atoms with van der Waals surface area (Å²) in [6.45, 7) is 20.1. The zero-order chi connectivity index (χ0) is 24.7. The standard InChI is InChI=1S/C25H48N8/c1-22(2)11-17(12-23(3,4)31-22)15-26-19-28-20(30-21(29-19)33(9)10)27-16-18-13-24(5,6)32-25(7,8)14-18/h17-18,31-32H,11-16H2,1-10H3,(H2,26,27,28,29,30). The van der Waals surface area contributed by atoms with E-state index in [1.54, 1.807) is 0 Å². The first-order chi connectivity index (χ1) is 15.0. The maximum absolute atomic E-state index is 4.73. The van der Waals surface area contributed by atoms with Crippen molar-refractivity contribution in [3.8, 4) is 0 Å². The first-order valence-corrected chi connectivity index (χ1v) is 12.5. The van der Waals surface area contributed by atoms with Gasteiger partial charge in [-0.15, -0.1) is 0 Å². The second-order valence-electron chi connectivity index (χ2n) is 13.3. The Kier molecular flexibility index (Phi) is 7.21. The van der Waals surface area contributed by atoms with E-state index in [0.717, 1.165) is 38.8 Å². The van der Waals surface area contributed by atoms with Crippen LogP contribution in [-0.4, -0.2) is 64.3 Å². The van der Waals surface area contributed by atoms with Crippen LogP contribution in [0.1, 0.15) is 81.1 Å². The Morgan fingerprint density at radius 1 is 0.667 bits per heavy atom. The minimum Gasteiger partial charge on any atom is -0.354 e. The van der Waals surface area contributed by atoms with Crippen molar-refractivity contribution in [2.75, 3.05) is 42.7 Å². The fraction of sp³-hybridized carbons (Fsp3) is 0.880. The molecule has 2 aliphatic heterocycles. The molecule has 3 heterocycles. The summed E-state index contributed by atoms with van der Waals surface area (Å²) in [5.74, 6) is 3.09. The van der Waals surface area contributed by atoms with Gasteiger partial charge in [0.05, 0.1) is 0 Å². The molecule has 2 fully saturated rings. The summed E-state index contributed by atoms with van der Waals surface area (Å²) in [6, 6.07) is 0. The molecule has 0 atom stereocenters. The fourth-order valence-corrected chi connectivity index (χ4v) is 6.55. The van der Waals surface area contributed by atoms with Gasteiger partial charge in [-0.2, -0.15) is 15.0 Å². The maximum atomic E-state index is 4.73. The van der Waals surface area contributed by atoms with Crippen molar-refractivity contribution in [1.82, 2.24) is 25.6 Å². The highest BCUT2D eigenvalue weighted by molar-refractivity contribution is 5.43. The van der Waals surface area contributed by atoms with E-state index in [1.807, 2.05) is 19.0 Å². The lowest BCUT2D eigenvalue weighted by molar-refractivity contribution is 0.134. The van der Waals surface area contributed by atoms with Gasteiger partial charge in [-0.3, -0.25) is 0 Å². The second-order valence-corrected chi connectivity index (χ2v) is 13.3. The summed E-state index contributed by atoms with van der Waals surface area (Å²) in [6.07, 6.45) is 4.51. The maximum Gasteiger partial charge on any atom is 0.231 e. The number of nitrogens with zero attached hydrogens (tertiary/aromatic N) is 4. The van der Waals surface area contributed by atoms with Gasteiger partial charge in [0.25, 0.3) is 0 Å². The first kappa shape index (κ1) is 25.9. The molecule has 2 aliphatic rings. The number of anilines is 3. The molecule has 4 N–H and O–H groups in total. The third kappa shape index (κ3) is 7.67. The molecule has 1 aromatic heterocycles. The summed E-state index contributed by atoms with van der Waals surface area (Å²) in [4.78, 5) is 16.0. The lowest BCUT2D eigenvalue weighted by Crippen LogP contribution is -2.58. The van der Waals surface area contributed by atoms with Crippen LogP contribution in [0, 0.1) is 11.8 Å². The Bertz CT molecular complexity index is 722. The molecule has 0 saturated carbocycles. The van der Waals surface area contributed by atoms with Gasteiger partial charge in [0.2, 0.25) is 17.8 Å². The average Bonchev–Trinajstić information content (AvgIpc) is 2.59. The molecular formula is C25H48N8. The molecule has 0 radical (unpaired) electrons. The largest absolute Gasteiger partial charge is 0.354 e. The molecule has 0 amide bonds. The van der Waals surface area contributed by atoms with Crippen molar-refractivity contribution in [3.05, 3.63) is 0 Å². The second kappa shape index (κ2) is 9.17. The predicted octanol–water partition coefficient (Wildman–Crippen LogP) is 3.88. The fourth-order valence-electron chi connectivity index (χ4n) is 6.55. The molecule has 8 nitrogen and oxygen atoms in total. The third-order valence-electron chi connectivity index (χ3n) is 6.67.